The van der Waals surface area contributed by atoms with Crippen LogP contribution < -0.4 is 4.74 Å². The van der Waals surface area contributed by atoms with Gasteiger partial charge in [0.05, 0.1) is 12.7 Å². The Morgan fingerprint density at radius 1 is 1.29 bits per heavy atom. The Kier molecular flexibility index (Phi) is 4.69. The van der Waals surface area contributed by atoms with Crippen molar-refractivity contribution < 1.29 is 22.7 Å². The minimum Gasteiger partial charge on any atom is -0.497 e. The van der Waals surface area contributed by atoms with E-state index in [9.17, 15) is 13.2 Å². The molecular weight excluding hydrogens is 197 g/mol. The first-order valence-electron chi connectivity index (χ1n) is 3.54. The molecule has 1 aromatic rings. The Balaban J connectivity index is 0.000000791. The fraction of sp³-hybridized carbons (Fsp3) is 0.222. The summed E-state index contributed by atoms with van der Waals surface area (Å²) in [5.41, 5.74) is -0.693. The van der Waals surface area contributed by atoms with Gasteiger partial charge in [-0.1, -0.05) is 6.07 Å². The van der Waals surface area contributed by atoms with Crippen LogP contribution in [0.5, 0.6) is 5.75 Å². The zero-order valence-electron chi connectivity index (χ0n) is 7.47. The van der Waals surface area contributed by atoms with Crippen molar-refractivity contribution in [3.63, 3.8) is 0 Å². The summed E-state index contributed by atoms with van der Waals surface area (Å²) in [7, 11) is 1.33. The van der Waals surface area contributed by atoms with Crippen LogP contribution >= 0.6 is 0 Å². The van der Waals surface area contributed by atoms with E-state index in [2.05, 4.69) is 4.74 Å². The van der Waals surface area contributed by atoms with Gasteiger partial charge in [-0.15, -0.1) is 0 Å². The van der Waals surface area contributed by atoms with Gasteiger partial charge in [-0.05, 0) is 18.2 Å². The number of benzene rings is 1. The van der Waals surface area contributed by atoms with Crippen LogP contribution in [0.4, 0.5) is 13.2 Å². The second-order valence-corrected chi connectivity index (χ2v) is 2.23. The van der Waals surface area contributed by atoms with Crippen LogP contribution in [0.2, 0.25) is 0 Å². The number of carbonyl (C=O) groups excluding carboxylic acids is 1. The summed E-state index contributed by atoms with van der Waals surface area (Å²) in [6, 6.07) is 4.74. The fourth-order valence-corrected chi connectivity index (χ4v) is 0.799. The molecule has 0 saturated heterocycles. The normalized spacial score (nSPS) is 10.0. The molecule has 1 aromatic carbocycles. The quantitative estimate of drug-likeness (QED) is 0.705. The number of carbonyl (C=O) groups is 1. The van der Waals surface area contributed by atoms with E-state index in [1.807, 2.05) is 6.79 Å². The molecule has 14 heavy (non-hydrogen) atoms. The summed E-state index contributed by atoms with van der Waals surface area (Å²) in [4.78, 5) is 8.00. The van der Waals surface area contributed by atoms with Gasteiger partial charge in [0.1, 0.15) is 12.5 Å². The van der Waals surface area contributed by atoms with Crippen molar-refractivity contribution in [1.29, 1.82) is 0 Å². The van der Waals surface area contributed by atoms with E-state index in [1.54, 1.807) is 0 Å². The molecule has 0 bridgehead atoms. The van der Waals surface area contributed by atoms with E-state index >= 15 is 0 Å². The highest BCUT2D eigenvalue weighted by molar-refractivity contribution is 5.29. The fourth-order valence-electron chi connectivity index (χ4n) is 0.799. The maximum Gasteiger partial charge on any atom is 0.416 e. The third-order valence-corrected chi connectivity index (χ3v) is 1.40. The minimum atomic E-state index is -4.30. The van der Waals surface area contributed by atoms with Gasteiger partial charge in [0, 0.05) is 0 Å². The average molecular weight is 206 g/mol. The molecule has 0 unspecified atom stereocenters. The molecule has 0 spiro atoms. The van der Waals surface area contributed by atoms with E-state index in [1.165, 1.54) is 19.2 Å². The molecule has 0 aromatic heterocycles. The van der Waals surface area contributed by atoms with Crippen molar-refractivity contribution in [2.75, 3.05) is 7.11 Å². The van der Waals surface area contributed by atoms with Gasteiger partial charge in [-0.2, -0.15) is 13.2 Å². The second-order valence-electron chi connectivity index (χ2n) is 2.23. The van der Waals surface area contributed by atoms with E-state index in [4.69, 9.17) is 4.79 Å². The van der Waals surface area contributed by atoms with Gasteiger partial charge in [-0.3, -0.25) is 0 Å². The topological polar surface area (TPSA) is 26.3 Å². The van der Waals surface area contributed by atoms with Crippen molar-refractivity contribution in [3.05, 3.63) is 29.8 Å². The van der Waals surface area contributed by atoms with Crippen LogP contribution in [-0.4, -0.2) is 13.9 Å². The average Bonchev–Trinajstić information content (AvgIpc) is 2.20. The number of halogens is 3. The lowest BCUT2D eigenvalue weighted by atomic mass is 10.2. The Morgan fingerprint density at radius 2 is 1.86 bits per heavy atom. The standard InChI is InChI=1S/C8H7F3O.CH2O/c1-12-7-4-2-3-6(5-7)8(9,10)11;1-2/h2-5H,1H3;1H2. The smallest absolute Gasteiger partial charge is 0.416 e. The van der Waals surface area contributed by atoms with Crippen LogP contribution in [-0.2, 0) is 11.0 Å². The van der Waals surface area contributed by atoms with Crippen molar-refractivity contribution in [3.8, 4) is 5.75 Å². The van der Waals surface area contributed by atoms with Gasteiger partial charge in [-0.25, -0.2) is 0 Å². The van der Waals surface area contributed by atoms with Gasteiger partial charge in [0.2, 0.25) is 0 Å². The van der Waals surface area contributed by atoms with Crippen molar-refractivity contribution in [2.45, 2.75) is 6.18 Å². The third kappa shape index (κ3) is 3.47. The molecule has 2 nitrogen and oxygen atoms in total. The molecule has 5 heteroatoms. The maximum atomic E-state index is 12.0. The van der Waals surface area contributed by atoms with Crippen molar-refractivity contribution in [2.24, 2.45) is 0 Å². The van der Waals surface area contributed by atoms with E-state index in [0.29, 0.717) is 0 Å². The first-order valence-corrected chi connectivity index (χ1v) is 3.54. The summed E-state index contributed by atoms with van der Waals surface area (Å²) in [5, 5.41) is 0. The van der Waals surface area contributed by atoms with Gasteiger partial charge >= 0.3 is 6.18 Å². The van der Waals surface area contributed by atoms with Crippen LogP contribution in [0.15, 0.2) is 24.3 Å². The first-order chi connectivity index (χ1) is 6.54. The lowest BCUT2D eigenvalue weighted by molar-refractivity contribution is -0.137. The number of methoxy groups -OCH3 is 1. The highest BCUT2D eigenvalue weighted by atomic mass is 19.4. The molecule has 0 fully saturated rings. The Morgan fingerprint density at radius 3 is 2.29 bits per heavy atom. The Labute approximate surface area is 79.3 Å². The largest absolute Gasteiger partial charge is 0.497 e. The molecule has 0 aliphatic rings. The summed E-state index contributed by atoms with van der Waals surface area (Å²) >= 11 is 0. The lowest BCUT2D eigenvalue weighted by Crippen LogP contribution is -2.04. The number of hydrogen-bond donors (Lipinski definition) is 0. The van der Waals surface area contributed by atoms with Crippen LogP contribution in [0.1, 0.15) is 5.56 Å². The summed E-state index contributed by atoms with van der Waals surface area (Å²) in [6.07, 6.45) is -4.30. The lowest BCUT2D eigenvalue weighted by Gasteiger charge is -2.07. The summed E-state index contributed by atoms with van der Waals surface area (Å²) in [5.74, 6) is 0.213. The number of ether oxygens (including phenoxy) is 1. The Bertz CT molecular complexity index is 284. The van der Waals surface area contributed by atoms with E-state index in [-0.39, 0.29) is 5.75 Å². The van der Waals surface area contributed by atoms with E-state index < -0.39 is 11.7 Å². The van der Waals surface area contributed by atoms with Crippen molar-refractivity contribution in [1.82, 2.24) is 0 Å². The summed E-state index contributed by atoms with van der Waals surface area (Å²) < 4.78 is 40.8. The second kappa shape index (κ2) is 5.26. The molecular formula is C9H9F3O2. The SMILES string of the molecule is C=O.COc1cccc(C(F)(F)F)c1. The van der Waals surface area contributed by atoms with E-state index in [0.717, 1.165) is 12.1 Å². The van der Waals surface area contributed by atoms with Gasteiger partial charge < -0.3 is 9.53 Å². The first kappa shape index (κ1) is 12.5. The zero-order valence-corrected chi connectivity index (χ0v) is 7.47. The molecule has 0 atom stereocenters. The van der Waals surface area contributed by atoms with Crippen molar-refractivity contribution >= 4 is 6.79 Å². The highest BCUT2D eigenvalue weighted by Crippen LogP contribution is 2.30. The summed E-state index contributed by atoms with van der Waals surface area (Å²) in [6.45, 7) is 2.00. The molecule has 0 saturated carbocycles. The highest BCUT2D eigenvalue weighted by Gasteiger charge is 2.30. The zero-order chi connectivity index (χ0) is 11.2. The number of rotatable bonds is 1. The number of hydrogen-bond acceptors (Lipinski definition) is 2. The monoisotopic (exact) mass is 206 g/mol. The molecule has 0 aliphatic heterocycles. The number of alkyl halides is 3. The third-order valence-electron chi connectivity index (χ3n) is 1.40. The van der Waals surface area contributed by atoms with Crippen LogP contribution in [0.3, 0.4) is 0 Å². The van der Waals surface area contributed by atoms with Crippen LogP contribution in [0.25, 0.3) is 0 Å². The van der Waals surface area contributed by atoms with Gasteiger partial charge in [0.15, 0.2) is 0 Å². The predicted octanol–water partition coefficient (Wildman–Crippen LogP) is 2.53. The van der Waals surface area contributed by atoms with Gasteiger partial charge in [0.25, 0.3) is 0 Å². The predicted molar refractivity (Wildman–Crippen MR) is 45.1 cm³/mol. The minimum absolute atomic E-state index is 0.213. The molecule has 78 valence electrons. The van der Waals surface area contributed by atoms with Crippen LogP contribution in [0, 0.1) is 0 Å². The molecule has 0 radical (unpaired) electrons. The molecule has 0 heterocycles. The molecule has 0 aliphatic carbocycles. The molecule has 0 N–H and O–H groups in total. The maximum absolute atomic E-state index is 12.0. The Hall–Kier alpha value is -1.52. The molecule has 1 rings (SSSR count). The molecule has 0 amide bonds.